The molecule has 2 aliphatic heterocycles. The molecule has 1 aromatic carbocycles. The van der Waals surface area contributed by atoms with E-state index in [9.17, 15) is 9.59 Å². The number of carbonyl (C=O) groups excluding carboxylic acids is 2. The van der Waals surface area contributed by atoms with Crippen LogP contribution >= 0.6 is 0 Å². The van der Waals surface area contributed by atoms with Crippen LogP contribution in [0.2, 0.25) is 5.54 Å². The molecule has 2 atom stereocenters. The lowest BCUT2D eigenvalue weighted by atomic mass is 10.0. The van der Waals surface area contributed by atoms with E-state index in [1.54, 1.807) is 30.6 Å². The third-order valence-electron chi connectivity index (χ3n) is 4.81. The zero-order valence-electron chi connectivity index (χ0n) is 11.7. The number of aromatic amines is 1. The average molecular weight is 297 g/mol. The van der Waals surface area contributed by atoms with Crippen LogP contribution < -0.4 is 0 Å². The molecule has 0 spiro atoms. The van der Waals surface area contributed by atoms with Crippen LogP contribution in [-0.4, -0.2) is 42.7 Å². The Labute approximate surface area is 124 Å². The maximum atomic E-state index is 12.4. The summed E-state index contributed by atoms with van der Waals surface area (Å²) in [6.45, 7) is 2.74. The van der Waals surface area contributed by atoms with Crippen LogP contribution in [0.15, 0.2) is 36.8 Å². The molecule has 2 amide bonds. The largest absolute Gasteiger partial charge is 0.348 e. The van der Waals surface area contributed by atoms with Gasteiger partial charge in [-0.25, -0.2) is 4.98 Å². The Balaban J connectivity index is 1.56. The van der Waals surface area contributed by atoms with Gasteiger partial charge in [0, 0.05) is 28.0 Å². The van der Waals surface area contributed by atoms with Gasteiger partial charge in [-0.3, -0.25) is 14.5 Å². The van der Waals surface area contributed by atoms with Gasteiger partial charge in [-0.1, -0.05) is 19.1 Å². The molecular formula is C15H15N3O2Si. The summed E-state index contributed by atoms with van der Waals surface area (Å²) in [7, 11) is -0.352. The first kappa shape index (κ1) is 12.5. The fourth-order valence-electron chi connectivity index (χ4n) is 3.24. The molecule has 1 N–H and O–H groups in total. The van der Waals surface area contributed by atoms with E-state index in [2.05, 4.69) is 16.9 Å². The lowest BCUT2D eigenvalue weighted by Gasteiger charge is -2.16. The molecule has 5 nitrogen and oxygen atoms in total. The Hall–Kier alpha value is -2.21. The molecule has 2 aromatic rings. The normalized spacial score (nSPS) is 28.2. The standard InChI is InChI=1S/C15H15N3O2Si/c1-15(11-6-16-8-17-11)12(21-15)7-18-13(19)9-4-2-3-5-10(9)14(18)20/h2-6,8,12H,7,21H2,1H3,(H,16,17)/t12?,15-/m1/s1. The maximum Gasteiger partial charge on any atom is 0.261 e. The zero-order chi connectivity index (χ0) is 14.6. The quantitative estimate of drug-likeness (QED) is 0.676. The van der Waals surface area contributed by atoms with Gasteiger partial charge < -0.3 is 4.98 Å². The predicted octanol–water partition coefficient (Wildman–Crippen LogP) is 0.892. The Morgan fingerprint density at radius 1 is 1.29 bits per heavy atom. The molecule has 0 radical (unpaired) electrons. The molecule has 0 bridgehead atoms. The first-order valence-electron chi connectivity index (χ1n) is 7.05. The Morgan fingerprint density at radius 3 is 2.52 bits per heavy atom. The number of hydrogen-bond donors (Lipinski definition) is 1. The van der Waals surface area contributed by atoms with Gasteiger partial charge in [0.25, 0.3) is 11.8 Å². The summed E-state index contributed by atoms with van der Waals surface area (Å²) in [5, 5.41) is 0.131. The highest BCUT2D eigenvalue weighted by atomic mass is 28.2. The van der Waals surface area contributed by atoms with Crippen LogP contribution in [0.5, 0.6) is 0 Å². The molecule has 106 valence electrons. The molecule has 2 aliphatic rings. The molecule has 1 unspecified atom stereocenters. The van der Waals surface area contributed by atoms with E-state index in [1.807, 2.05) is 6.20 Å². The third-order valence-corrected chi connectivity index (χ3v) is 7.66. The highest BCUT2D eigenvalue weighted by Gasteiger charge is 2.54. The van der Waals surface area contributed by atoms with Crippen LogP contribution in [0.1, 0.15) is 33.3 Å². The Morgan fingerprint density at radius 2 is 1.95 bits per heavy atom. The van der Waals surface area contributed by atoms with Crippen molar-refractivity contribution in [3.05, 3.63) is 53.6 Å². The minimum atomic E-state index is -0.352. The van der Waals surface area contributed by atoms with Crippen LogP contribution in [0, 0.1) is 0 Å². The lowest BCUT2D eigenvalue weighted by Crippen LogP contribution is -2.31. The second-order valence-electron chi connectivity index (χ2n) is 6.05. The van der Waals surface area contributed by atoms with Gasteiger partial charge in [-0.15, -0.1) is 0 Å². The van der Waals surface area contributed by atoms with Crippen molar-refractivity contribution in [3.8, 4) is 0 Å². The fourth-order valence-corrected chi connectivity index (χ4v) is 5.30. The number of imide groups is 1. The van der Waals surface area contributed by atoms with E-state index in [4.69, 9.17) is 0 Å². The van der Waals surface area contributed by atoms with E-state index >= 15 is 0 Å². The molecule has 1 saturated heterocycles. The van der Waals surface area contributed by atoms with Crippen molar-refractivity contribution in [1.82, 2.24) is 14.9 Å². The van der Waals surface area contributed by atoms with Crippen molar-refractivity contribution in [2.45, 2.75) is 17.5 Å². The van der Waals surface area contributed by atoms with E-state index in [0.29, 0.717) is 23.2 Å². The fraction of sp³-hybridized carbons (Fsp3) is 0.267. The predicted molar refractivity (Wildman–Crippen MR) is 80.0 cm³/mol. The monoisotopic (exact) mass is 297 g/mol. The van der Waals surface area contributed by atoms with Gasteiger partial charge in [0.15, 0.2) is 0 Å². The van der Waals surface area contributed by atoms with Crippen molar-refractivity contribution in [3.63, 3.8) is 0 Å². The topological polar surface area (TPSA) is 66.1 Å². The molecule has 4 rings (SSSR count). The van der Waals surface area contributed by atoms with Crippen molar-refractivity contribution in [2.24, 2.45) is 0 Å². The third kappa shape index (κ3) is 1.72. The highest BCUT2D eigenvalue weighted by molar-refractivity contribution is 6.57. The van der Waals surface area contributed by atoms with Crippen molar-refractivity contribution in [2.75, 3.05) is 6.54 Å². The first-order chi connectivity index (χ1) is 10.1. The number of fused-ring (bicyclic) bond motifs is 1. The van der Waals surface area contributed by atoms with Gasteiger partial charge >= 0.3 is 0 Å². The number of H-pyrrole nitrogens is 1. The molecular weight excluding hydrogens is 282 g/mol. The van der Waals surface area contributed by atoms with Crippen LogP contribution in [0.4, 0.5) is 0 Å². The van der Waals surface area contributed by atoms with E-state index < -0.39 is 0 Å². The summed E-state index contributed by atoms with van der Waals surface area (Å²) < 4.78 is 0. The lowest BCUT2D eigenvalue weighted by molar-refractivity contribution is 0.0654. The van der Waals surface area contributed by atoms with Crippen molar-refractivity contribution in [1.29, 1.82) is 0 Å². The summed E-state index contributed by atoms with van der Waals surface area (Å²) in [5.74, 6) is -0.299. The number of rotatable bonds is 3. The van der Waals surface area contributed by atoms with Gasteiger partial charge in [0.2, 0.25) is 0 Å². The molecule has 21 heavy (non-hydrogen) atoms. The van der Waals surface area contributed by atoms with Gasteiger partial charge in [0.1, 0.15) is 0 Å². The first-order valence-corrected chi connectivity index (χ1v) is 8.58. The van der Waals surface area contributed by atoms with Gasteiger partial charge in [-0.2, -0.15) is 0 Å². The minimum absolute atomic E-state index is 0.131. The number of carbonyl (C=O) groups is 2. The second-order valence-corrected chi connectivity index (χ2v) is 8.91. The number of nitrogens with zero attached hydrogens (tertiary/aromatic N) is 2. The minimum Gasteiger partial charge on any atom is -0.348 e. The van der Waals surface area contributed by atoms with Crippen LogP contribution in [0.25, 0.3) is 0 Å². The van der Waals surface area contributed by atoms with Crippen LogP contribution in [0.3, 0.4) is 0 Å². The van der Waals surface area contributed by atoms with E-state index in [0.717, 1.165) is 5.69 Å². The number of imidazole rings is 1. The molecule has 1 aromatic heterocycles. The number of aromatic nitrogens is 2. The number of nitrogens with one attached hydrogen (secondary N) is 1. The second kappa shape index (κ2) is 4.14. The maximum absolute atomic E-state index is 12.4. The van der Waals surface area contributed by atoms with Gasteiger partial charge in [-0.05, 0) is 22.7 Å². The molecule has 1 fully saturated rings. The van der Waals surface area contributed by atoms with Crippen molar-refractivity contribution >= 4 is 21.3 Å². The Kier molecular flexibility index (Phi) is 2.47. The molecule has 6 heteroatoms. The summed E-state index contributed by atoms with van der Waals surface area (Å²) in [6.07, 6.45) is 3.54. The molecule has 0 saturated carbocycles. The summed E-state index contributed by atoms with van der Waals surface area (Å²) in [4.78, 5) is 33.4. The van der Waals surface area contributed by atoms with Crippen molar-refractivity contribution < 1.29 is 9.59 Å². The summed E-state index contributed by atoms with van der Waals surface area (Å²) in [5.41, 5.74) is 2.64. The number of hydrogen-bond acceptors (Lipinski definition) is 3. The van der Waals surface area contributed by atoms with Crippen LogP contribution in [-0.2, 0) is 5.04 Å². The number of benzene rings is 1. The van der Waals surface area contributed by atoms with E-state index in [-0.39, 0.29) is 26.4 Å². The zero-order valence-corrected chi connectivity index (χ0v) is 13.1. The smallest absolute Gasteiger partial charge is 0.261 e. The molecule has 3 heterocycles. The summed E-state index contributed by atoms with van der Waals surface area (Å²) in [6, 6.07) is 7.06. The van der Waals surface area contributed by atoms with Gasteiger partial charge in [0.05, 0.1) is 17.5 Å². The SMILES string of the molecule is C[C@]1(c2cnc[nH]2)[SiH2]C1CN1C(=O)c2ccccc2C1=O. The average Bonchev–Trinajstić information content (AvgIpc) is 2.88. The molecule has 0 aliphatic carbocycles. The summed E-state index contributed by atoms with van der Waals surface area (Å²) >= 11 is 0. The highest BCUT2D eigenvalue weighted by Crippen LogP contribution is 2.50. The van der Waals surface area contributed by atoms with E-state index in [1.165, 1.54) is 4.90 Å². The Bertz CT molecular complexity index is 708. The number of amides is 2.